The number of aromatic nitrogens is 1. The van der Waals surface area contributed by atoms with E-state index in [-0.39, 0.29) is 6.04 Å². The summed E-state index contributed by atoms with van der Waals surface area (Å²) in [6.07, 6.45) is 5.07. The molecule has 4 heteroatoms. The van der Waals surface area contributed by atoms with Crippen molar-refractivity contribution in [1.82, 2.24) is 4.98 Å². The van der Waals surface area contributed by atoms with Crippen molar-refractivity contribution in [3.63, 3.8) is 0 Å². The lowest BCUT2D eigenvalue weighted by Gasteiger charge is -2.34. The van der Waals surface area contributed by atoms with E-state index in [9.17, 15) is 0 Å². The Morgan fingerprint density at radius 2 is 2.05 bits per heavy atom. The molecule has 0 radical (unpaired) electrons. The van der Waals surface area contributed by atoms with Gasteiger partial charge in [0.15, 0.2) is 0 Å². The zero-order chi connectivity index (χ0) is 13.9. The molecule has 1 aromatic carbocycles. The monoisotopic (exact) mass is 304 g/mol. The fourth-order valence-corrected chi connectivity index (χ4v) is 6.03. The maximum absolute atomic E-state index is 6.63. The van der Waals surface area contributed by atoms with E-state index in [0.29, 0.717) is 10.5 Å². The molecule has 2 heterocycles. The first-order valence-electron chi connectivity index (χ1n) is 7.12. The summed E-state index contributed by atoms with van der Waals surface area (Å²) in [4.78, 5) is 4.38. The van der Waals surface area contributed by atoms with Crippen LogP contribution in [0.4, 0.5) is 0 Å². The van der Waals surface area contributed by atoms with Crippen LogP contribution in [0.5, 0.6) is 0 Å². The lowest BCUT2D eigenvalue weighted by atomic mass is 9.97. The number of hydrogen-bond acceptors (Lipinski definition) is 4. The molecule has 1 saturated heterocycles. The third-order valence-electron chi connectivity index (χ3n) is 3.91. The lowest BCUT2D eigenvalue weighted by Crippen LogP contribution is -2.35. The van der Waals surface area contributed by atoms with Crippen LogP contribution >= 0.6 is 23.5 Å². The van der Waals surface area contributed by atoms with Gasteiger partial charge >= 0.3 is 0 Å². The summed E-state index contributed by atoms with van der Waals surface area (Å²) in [5, 5.41) is 3.58. The molecule has 2 N–H and O–H groups in total. The Morgan fingerprint density at radius 3 is 2.90 bits per heavy atom. The van der Waals surface area contributed by atoms with Gasteiger partial charge in [-0.2, -0.15) is 23.5 Å². The van der Waals surface area contributed by atoms with Gasteiger partial charge < -0.3 is 5.73 Å². The van der Waals surface area contributed by atoms with Crippen molar-refractivity contribution in [2.24, 2.45) is 5.73 Å². The molecule has 0 saturated carbocycles. The zero-order valence-electron chi connectivity index (χ0n) is 11.7. The first kappa shape index (κ1) is 14.2. The minimum absolute atomic E-state index is 0.0661. The van der Waals surface area contributed by atoms with E-state index in [1.165, 1.54) is 34.3 Å². The van der Waals surface area contributed by atoms with Crippen molar-refractivity contribution >= 4 is 34.3 Å². The number of fused-ring (bicyclic) bond motifs is 1. The number of benzene rings is 1. The normalized spacial score (nSPS) is 24.7. The SMILES string of the molecule is CCC1SCCSC1C(N)c1cncc2ccccc12. The highest BCUT2D eigenvalue weighted by atomic mass is 32.2. The molecular weight excluding hydrogens is 284 g/mol. The van der Waals surface area contributed by atoms with Gasteiger partial charge in [-0.1, -0.05) is 31.2 Å². The van der Waals surface area contributed by atoms with Gasteiger partial charge in [-0.25, -0.2) is 0 Å². The Hall–Kier alpha value is -0.710. The predicted molar refractivity (Wildman–Crippen MR) is 91.5 cm³/mol. The second kappa shape index (κ2) is 6.37. The van der Waals surface area contributed by atoms with Crippen molar-refractivity contribution in [2.45, 2.75) is 29.9 Å². The lowest BCUT2D eigenvalue weighted by molar-refractivity contribution is 0.632. The van der Waals surface area contributed by atoms with E-state index in [4.69, 9.17) is 5.73 Å². The van der Waals surface area contributed by atoms with Crippen LogP contribution in [0, 0.1) is 0 Å². The van der Waals surface area contributed by atoms with Crippen LogP contribution in [0.15, 0.2) is 36.7 Å². The van der Waals surface area contributed by atoms with Crippen molar-refractivity contribution in [2.75, 3.05) is 11.5 Å². The zero-order valence-corrected chi connectivity index (χ0v) is 13.3. The smallest absolute Gasteiger partial charge is 0.0447 e. The molecule has 2 nitrogen and oxygen atoms in total. The molecule has 3 unspecified atom stereocenters. The van der Waals surface area contributed by atoms with Crippen LogP contribution in [0.2, 0.25) is 0 Å². The topological polar surface area (TPSA) is 38.9 Å². The molecule has 0 amide bonds. The number of rotatable bonds is 3. The van der Waals surface area contributed by atoms with Gasteiger partial charge in [-0.15, -0.1) is 0 Å². The van der Waals surface area contributed by atoms with Gasteiger partial charge in [-0.3, -0.25) is 4.98 Å². The van der Waals surface area contributed by atoms with Crippen LogP contribution in [-0.4, -0.2) is 27.0 Å². The Labute approximate surface area is 128 Å². The number of nitrogens with zero attached hydrogens (tertiary/aromatic N) is 1. The van der Waals surface area contributed by atoms with E-state index < -0.39 is 0 Å². The molecule has 1 aliphatic rings. The Balaban J connectivity index is 1.97. The maximum atomic E-state index is 6.63. The summed E-state index contributed by atoms with van der Waals surface area (Å²) in [5.41, 5.74) is 7.82. The van der Waals surface area contributed by atoms with E-state index in [0.717, 1.165) is 0 Å². The molecule has 1 aromatic heterocycles. The maximum Gasteiger partial charge on any atom is 0.0447 e. The molecule has 0 bridgehead atoms. The first-order chi connectivity index (χ1) is 9.81. The Morgan fingerprint density at radius 1 is 1.25 bits per heavy atom. The highest BCUT2D eigenvalue weighted by molar-refractivity contribution is 8.07. The van der Waals surface area contributed by atoms with E-state index >= 15 is 0 Å². The van der Waals surface area contributed by atoms with Crippen molar-refractivity contribution in [3.8, 4) is 0 Å². The molecule has 20 heavy (non-hydrogen) atoms. The average Bonchev–Trinajstić information content (AvgIpc) is 2.53. The molecule has 1 aliphatic heterocycles. The summed E-state index contributed by atoms with van der Waals surface area (Å²) < 4.78 is 0. The van der Waals surface area contributed by atoms with Gasteiger partial charge in [0, 0.05) is 45.8 Å². The van der Waals surface area contributed by atoms with Gasteiger partial charge in [0.1, 0.15) is 0 Å². The summed E-state index contributed by atoms with van der Waals surface area (Å²) in [5.74, 6) is 2.46. The van der Waals surface area contributed by atoms with E-state index in [1.807, 2.05) is 24.2 Å². The Bertz CT molecular complexity index is 582. The highest BCUT2D eigenvalue weighted by Crippen LogP contribution is 2.40. The van der Waals surface area contributed by atoms with Crippen LogP contribution in [-0.2, 0) is 0 Å². The summed E-state index contributed by atoms with van der Waals surface area (Å²) in [6, 6.07) is 8.47. The number of hydrogen-bond donors (Lipinski definition) is 1. The standard InChI is InChI=1S/C16H20N2S2/c1-2-14-16(20-8-7-19-14)15(17)13-10-18-9-11-5-3-4-6-12(11)13/h3-6,9-10,14-16H,2,7-8,17H2,1H3. The molecule has 2 aromatic rings. The molecule has 0 spiro atoms. The highest BCUT2D eigenvalue weighted by Gasteiger charge is 2.31. The van der Waals surface area contributed by atoms with Gasteiger partial charge in [-0.05, 0) is 17.4 Å². The Kier molecular flexibility index (Phi) is 4.54. The minimum Gasteiger partial charge on any atom is -0.323 e. The molecule has 1 fully saturated rings. The molecule has 3 atom stereocenters. The summed E-state index contributed by atoms with van der Waals surface area (Å²) in [6.45, 7) is 2.27. The van der Waals surface area contributed by atoms with Crippen LogP contribution in [0.3, 0.4) is 0 Å². The molecule has 3 rings (SSSR count). The second-order valence-corrected chi connectivity index (χ2v) is 7.76. The molecule has 106 valence electrons. The van der Waals surface area contributed by atoms with Crippen LogP contribution in [0.1, 0.15) is 24.9 Å². The van der Waals surface area contributed by atoms with Crippen molar-refractivity contribution < 1.29 is 0 Å². The fraction of sp³-hybridized carbons (Fsp3) is 0.438. The second-order valence-electron chi connectivity index (χ2n) is 5.13. The first-order valence-corrected chi connectivity index (χ1v) is 9.22. The number of nitrogens with two attached hydrogens (primary N) is 1. The minimum atomic E-state index is 0.0661. The van der Waals surface area contributed by atoms with Crippen molar-refractivity contribution in [1.29, 1.82) is 0 Å². The number of pyridine rings is 1. The third-order valence-corrected chi connectivity index (χ3v) is 7.28. The van der Waals surface area contributed by atoms with E-state index in [2.05, 4.69) is 47.9 Å². The van der Waals surface area contributed by atoms with Crippen molar-refractivity contribution in [3.05, 3.63) is 42.2 Å². The largest absolute Gasteiger partial charge is 0.323 e. The van der Waals surface area contributed by atoms with Crippen LogP contribution < -0.4 is 5.73 Å². The van der Waals surface area contributed by atoms with Gasteiger partial charge in [0.25, 0.3) is 0 Å². The summed E-state index contributed by atoms with van der Waals surface area (Å²) in [7, 11) is 0. The predicted octanol–water partition coefficient (Wildman–Crippen LogP) is 3.86. The van der Waals surface area contributed by atoms with E-state index in [1.54, 1.807) is 0 Å². The van der Waals surface area contributed by atoms with Gasteiger partial charge in [0.2, 0.25) is 0 Å². The summed E-state index contributed by atoms with van der Waals surface area (Å²) >= 11 is 4.11. The molecular formula is C16H20N2S2. The molecule has 0 aliphatic carbocycles. The number of thioether (sulfide) groups is 2. The van der Waals surface area contributed by atoms with Crippen LogP contribution in [0.25, 0.3) is 10.8 Å². The average molecular weight is 304 g/mol. The fourth-order valence-electron chi connectivity index (χ4n) is 2.85. The van der Waals surface area contributed by atoms with Gasteiger partial charge in [0.05, 0.1) is 0 Å². The quantitative estimate of drug-likeness (QED) is 0.934. The third kappa shape index (κ3) is 2.69.